The molecule has 0 atom stereocenters. The van der Waals surface area contributed by atoms with Crippen LogP contribution < -0.4 is 0 Å². The summed E-state index contributed by atoms with van der Waals surface area (Å²) in [5.41, 5.74) is 0.772. The van der Waals surface area contributed by atoms with Gasteiger partial charge in [-0.05, 0) is 42.5 Å². The quantitative estimate of drug-likeness (QED) is 0.616. The maximum atomic E-state index is 12.8. The molecule has 2 aromatic rings. The molecule has 0 N–H and O–H groups in total. The third-order valence-electron chi connectivity index (χ3n) is 2.34. The van der Waals surface area contributed by atoms with Crippen LogP contribution in [0.1, 0.15) is 5.76 Å². The summed E-state index contributed by atoms with van der Waals surface area (Å²) in [6.45, 7) is 0. The summed E-state index contributed by atoms with van der Waals surface area (Å²) < 4.78 is 22.7. The normalized spacial score (nSPS) is 10.8. The van der Waals surface area contributed by atoms with Gasteiger partial charge in [-0.25, -0.2) is 9.18 Å². The van der Waals surface area contributed by atoms with Gasteiger partial charge in [0.25, 0.3) is 0 Å². The van der Waals surface area contributed by atoms with E-state index >= 15 is 0 Å². The van der Waals surface area contributed by atoms with Crippen LogP contribution in [0.15, 0.2) is 46.9 Å². The van der Waals surface area contributed by atoms with Gasteiger partial charge in [-0.15, -0.1) is 0 Å². The van der Waals surface area contributed by atoms with Gasteiger partial charge < -0.3 is 9.15 Å². The average Bonchev–Trinajstić information content (AvgIpc) is 2.85. The second-order valence-electron chi connectivity index (χ2n) is 3.57. The van der Waals surface area contributed by atoms with Gasteiger partial charge in [-0.3, -0.25) is 0 Å². The number of halogens is 1. The number of benzene rings is 1. The average molecular weight is 246 g/mol. The van der Waals surface area contributed by atoms with Crippen molar-refractivity contribution < 1.29 is 18.3 Å². The highest BCUT2D eigenvalue weighted by molar-refractivity contribution is 5.86. The highest BCUT2D eigenvalue weighted by atomic mass is 19.1. The van der Waals surface area contributed by atoms with Crippen molar-refractivity contribution in [1.82, 2.24) is 0 Å². The summed E-state index contributed by atoms with van der Waals surface area (Å²) in [7, 11) is 1.30. The summed E-state index contributed by atoms with van der Waals surface area (Å²) in [6, 6.07) is 9.45. The lowest BCUT2D eigenvalue weighted by molar-refractivity contribution is -0.134. The third kappa shape index (κ3) is 2.85. The number of carbonyl (C=O) groups is 1. The molecule has 18 heavy (non-hydrogen) atoms. The van der Waals surface area contributed by atoms with E-state index in [4.69, 9.17) is 4.42 Å². The molecule has 0 unspecified atom stereocenters. The van der Waals surface area contributed by atoms with Crippen molar-refractivity contribution in [3.05, 3.63) is 54.1 Å². The van der Waals surface area contributed by atoms with Gasteiger partial charge in [-0.2, -0.15) is 0 Å². The minimum Gasteiger partial charge on any atom is -0.466 e. The van der Waals surface area contributed by atoms with Crippen molar-refractivity contribution in [1.29, 1.82) is 0 Å². The smallest absolute Gasteiger partial charge is 0.330 e. The fourth-order valence-electron chi connectivity index (χ4n) is 1.43. The van der Waals surface area contributed by atoms with Crippen LogP contribution in [-0.2, 0) is 9.53 Å². The largest absolute Gasteiger partial charge is 0.466 e. The van der Waals surface area contributed by atoms with Crippen LogP contribution in [0.5, 0.6) is 0 Å². The van der Waals surface area contributed by atoms with Crippen LogP contribution in [-0.4, -0.2) is 13.1 Å². The number of carbonyl (C=O) groups excluding carboxylic acids is 1. The third-order valence-corrected chi connectivity index (χ3v) is 2.34. The minimum atomic E-state index is -0.449. The standard InChI is InChI=1S/C14H11FO3/c1-17-14(16)9-7-12-6-8-13(18-12)10-2-4-11(15)5-3-10/h2-9H,1H3/b9-7+. The summed E-state index contributed by atoms with van der Waals surface area (Å²) in [6.07, 6.45) is 2.78. The Morgan fingerprint density at radius 3 is 2.61 bits per heavy atom. The first-order valence-electron chi connectivity index (χ1n) is 5.31. The van der Waals surface area contributed by atoms with Crippen molar-refractivity contribution >= 4 is 12.0 Å². The van der Waals surface area contributed by atoms with E-state index in [0.29, 0.717) is 11.5 Å². The van der Waals surface area contributed by atoms with Crippen molar-refractivity contribution in [2.45, 2.75) is 0 Å². The number of esters is 1. The van der Waals surface area contributed by atoms with Crippen LogP contribution in [0, 0.1) is 5.82 Å². The van der Waals surface area contributed by atoms with Gasteiger partial charge in [0.05, 0.1) is 7.11 Å². The predicted molar refractivity (Wildman–Crippen MR) is 65.2 cm³/mol. The maximum Gasteiger partial charge on any atom is 0.330 e. The van der Waals surface area contributed by atoms with Gasteiger partial charge in [0.1, 0.15) is 17.3 Å². The fraction of sp³-hybridized carbons (Fsp3) is 0.0714. The SMILES string of the molecule is COC(=O)/C=C/c1ccc(-c2ccc(F)cc2)o1. The molecule has 4 heteroatoms. The van der Waals surface area contributed by atoms with Gasteiger partial charge in [0, 0.05) is 11.6 Å². The number of hydrogen-bond donors (Lipinski definition) is 0. The van der Waals surface area contributed by atoms with E-state index < -0.39 is 5.97 Å². The van der Waals surface area contributed by atoms with Crippen molar-refractivity contribution in [2.24, 2.45) is 0 Å². The lowest BCUT2D eigenvalue weighted by Crippen LogP contribution is -1.92. The summed E-state index contributed by atoms with van der Waals surface area (Å²) in [5.74, 6) is 0.394. The molecule has 0 saturated heterocycles. The Balaban J connectivity index is 2.18. The molecule has 0 aliphatic carbocycles. The van der Waals surface area contributed by atoms with Crippen LogP contribution >= 0.6 is 0 Å². The Labute approximate surface area is 103 Å². The topological polar surface area (TPSA) is 39.4 Å². The van der Waals surface area contributed by atoms with Crippen molar-refractivity contribution in [3.8, 4) is 11.3 Å². The van der Waals surface area contributed by atoms with Gasteiger partial charge >= 0.3 is 5.97 Å². The van der Waals surface area contributed by atoms with Crippen LogP contribution in [0.3, 0.4) is 0 Å². The van der Waals surface area contributed by atoms with E-state index in [1.807, 2.05) is 0 Å². The summed E-state index contributed by atoms with van der Waals surface area (Å²) in [4.78, 5) is 10.9. The van der Waals surface area contributed by atoms with E-state index in [1.165, 1.54) is 31.4 Å². The maximum absolute atomic E-state index is 12.8. The van der Waals surface area contributed by atoms with E-state index in [-0.39, 0.29) is 5.82 Å². The predicted octanol–water partition coefficient (Wildman–Crippen LogP) is 3.27. The van der Waals surface area contributed by atoms with Gasteiger partial charge in [0.2, 0.25) is 0 Å². The van der Waals surface area contributed by atoms with Gasteiger partial charge in [0.15, 0.2) is 0 Å². The van der Waals surface area contributed by atoms with Crippen LogP contribution in [0.25, 0.3) is 17.4 Å². The van der Waals surface area contributed by atoms with Crippen LogP contribution in [0.4, 0.5) is 4.39 Å². The monoisotopic (exact) mass is 246 g/mol. The molecule has 0 amide bonds. The molecule has 1 heterocycles. The van der Waals surface area contributed by atoms with Gasteiger partial charge in [-0.1, -0.05) is 0 Å². The molecule has 0 saturated carbocycles. The zero-order chi connectivity index (χ0) is 13.0. The van der Waals surface area contributed by atoms with Crippen LogP contribution in [0.2, 0.25) is 0 Å². The molecule has 0 aliphatic heterocycles. The highest BCUT2D eigenvalue weighted by Gasteiger charge is 2.03. The minimum absolute atomic E-state index is 0.295. The van der Waals surface area contributed by atoms with Crippen molar-refractivity contribution in [3.63, 3.8) is 0 Å². The molecule has 3 nitrogen and oxygen atoms in total. The number of furan rings is 1. The Morgan fingerprint density at radius 2 is 1.94 bits per heavy atom. The molecule has 0 spiro atoms. The lowest BCUT2D eigenvalue weighted by Gasteiger charge is -1.95. The van der Waals surface area contributed by atoms with E-state index in [1.54, 1.807) is 24.3 Å². The molecule has 0 fully saturated rings. The van der Waals surface area contributed by atoms with E-state index in [0.717, 1.165) is 5.56 Å². The zero-order valence-electron chi connectivity index (χ0n) is 9.72. The van der Waals surface area contributed by atoms with E-state index in [9.17, 15) is 9.18 Å². The Bertz CT molecular complexity index is 567. The Kier molecular flexibility index (Phi) is 3.57. The van der Waals surface area contributed by atoms with E-state index in [2.05, 4.69) is 4.74 Å². The molecule has 92 valence electrons. The first-order valence-corrected chi connectivity index (χ1v) is 5.31. The second-order valence-corrected chi connectivity index (χ2v) is 3.57. The summed E-state index contributed by atoms with van der Waals surface area (Å²) in [5, 5.41) is 0. The Hall–Kier alpha value is -2.36. The molecule has 1 aromatic carbocycles. The van der Waals surface area contributed by atoms with Crippen molar-refractivity contribution in [2.75, 3.05) is 7.11 Å². The molecule has 1 aromatic heterocycles. The number of rotatable bonds is 3. The molecule has 0 bridgehead atoms. The first-order chi connectivity index (χ1) is 8.69. The second kappa shape index (κ2) is 5.31. The molecule has 0 aliphatic rings. The molecular formula is C14H11FO3. The zero-order valence-corrected chi connectivity index (χ0v) is 9.72. The molecule has 2 rings (SSSR count). The number of hydrogen-bond acceptors (Lipinski definition) is 3. The lowest BCUT2D eigenvalue weighted by atomic mass is 10.2. The number of methoxy groups -OCH3 is 1. The highest BCUT2D eigenvalue weighted by Crippen LogP contribution is 2.22. The summed E-state index contributed by atoms with van der Waals surface area (Å²) >= 11 is 0. The fourth-order valence-corrected chi connectivity index (χ4v) is 1.43. The Morgan fingerprint density at radius 1 is 1.22 bits per heavy atom. The first kappa shape index (κ1) is 12.1. The number of ether oxygens (including phenoxy) is 1. The molecule has 0 radical (unpaired) electrons. The molecular weight excluding hydrogens is 235 g/mol.